The third kappa shape index (κ3) is 4.10. The number of carbonyl (C=O) groups is 1. The maximum absolute atomic E-state index is 12.2. The summed E-state index contributed by atoms with van der Waals surface area (Å²) in [6, 6.07) is 19.1. The van der Waals surface area contributed by atoms with Crippen LogP contribution in [0.5, 0.6) is 0 Å². The normalized spacial score (nSPS) is 9.92. The maximum Gasteiger partial charge on any atom is 0.276 e. The van der Waals surface area contributed by atoms with E-state index in [2.05, 4.69) is 26.9 Å². The van der Waals surface area contributed by atoms with Gasteiger partial charge in [0.15, 0.2) is 11.5 Å². The van der Waals surface area contributed by atoms with Crippen LogP contribution < -0.4 is 10.6 Å². The Hall–Kier alpha value is -3.43. The van der Waals surface area contributed by atoms with Crippen LogP contribution in [0.4, 0.5) is 17.2 Å². The Morgan fingerprint density at radius 3 is 2.60 bits per heavy atom. The number of nitriles is 1. The highest BCUT2D eigenvalue weighted by atomic mass is 35.5. The monoisotopic (exact) mass is 349 g/mol. The van der Waals surface area contributed by atoms with Crippen molar-refractivity contribution >= 4 is 34.7 Å². The van der Waals surface area contributed by atoms with Gasteiger partial charge in [0, 0.05) is 10.7 Å². The molecule has 0 spiro atoms. The van der Waals surface area contributed by atoms with E-state index in [1.165, 1.54) is 0 Å². The van der Waals surface area contributed by atoms with E-state index in [0.717, 1.165) is 0 Å². The zero-order valence-electron chi connectivity index (χ0n) is 12.9. The molecule has 25 heavy (non-hydrogen) atoms. The highest BCUT2D eigenvalue weighted by molar-refractivity contribution is 6.30. The number of amides is 1. The molecule has 3 aromatic rings. The molecule has 122 valence electrons. The van der Waals surface area contributed by atoms with E-state index in [-0.39, 0.29) is 5.69 Å². The number of benzene rings is 2. The summed E-state index contributed by atoms with van der Waals surface area (Å²) in [6.45, 7) is 0. The fourth-order valence-corrected chi connectivity index (χ4v) is 2.30. The summed E-state index contributed by atoms with van der Waals surface area (Å²) in [7, 11) is 0. The fraction of sp³-hybridized carbons (Fsp3) is 0. The lowest BCUT2D eigenvalue weighted by Gasteiger charge is -2.07. The second kappa shape index (κ2) is 7.43. The average Bonchev–Trinajstić information content (AvgIpc) is 2.63. The van der Waals surface area contributed by atoms with Crippen LogP contribution in [0.3, 0.4) is 0 Å². The predicted octanol–water partition coefficient (Wildman–Crippen LogP) is 4.00. The Bertz CT molecular complexity index is 950. The number of carbonyl (C=O) groups excluding carboxylic acids is 1. The molecule has 2 N–H and O–H groups in total. The van der Waals surface area contributed by atoms with Gasteiger partial charge >= 0.3 is 0 Å². The molecule has 0 aliphatic rings. The Kier molecular flexibility index (Phi) is 4.88. The lowest BCUT2D eigenvalue weighted by atomic mass is 10.2. The molecular formula is C18H12ClN5O. The number of nitrogens with one attached hydrogen (secondary N) is 2. The van der Waals surface area contributed by atoms with Crippen molar-refractivity contribution in [2.45, 2.75) is 0 Å². The van der Waals surface area contributed by atoms with Gasteiger partial charge < -0.3 is 10.6 Å². The molecule has 1 aromatic heterocycles. The van der Waals surface area contributed by atoms with Crippen molar-refractivity contribution in [3.63, 3.8) is 0 Å². The zero-order valence-corrected chi connectivity index (χ0v) is 13.7. The molecule has 2 aromatic carbocycles. The van der Waals surface area contributed by atoms with Gasteiger partial charge in [-0.25, -0.2) is 0 Å². The summed E-state index contributed by atoms with van der Waals surface area (Å²) in [5.41, 5.74) is 1.85. The minimum atomic E-state index is -0.390. The van der Waals surface area contributed by atoms with Gasteiger partial charge in [0.05, 0.1) is 11.3 Å². The van der Waals surface area contributed by atoms with Crippen molar-refractivity contribution in [3.8, 4) is 6.07 Å². The topological polar surface area (TPSA) is 90.7 Å². The molecule has 1 amide bonds. The molecule has 0 unspecified atom stereocenters. The summed E-state index contributed by atoms with van der Waals surface area (Å²) in [5.74, 6) is 0.0424. The van der Waals surface area contributed by atoms with Gasteiger partial charge in [0.1, 0.15) is 6.07 Å². The Morgan fingerprint density at radius 1 is 1.04 bits per heavy atom. The van der Waals surface area contributed by atoms with Crippen molar-refractivity contribution in [3.05, 3.63) is 76.9 Å². The van der Waals surface area contributed by atoms with Gasteiger partial charge in [-0.3, -0.25) is 4.79 Å². The van der Waals surface area contributed by atoms with E-state index in [4.69, 9.17) is 16.9 Å². The standard InChI is InChI=1S/C18H12ClN5O/c19-13-5-3-6-14(10-13)21-18(25)16-8-9-17(24-23-16)22-15-7-2-1-4-12(15)11-20/h1-10H,(H,21,25)(H,22,24). The van der Waals surface area contributed by atoms with Crippen LogP contribution in [-0.2, 0) is 0 Å². The number of hydrogen-bond donors (Lipinski definition) is 2. The molecule has 0 fully saturated rings. The number of nitrogens with zero attached hydrogens (tertiary/aromatic N) is 3. The van der Waals surface area contributed by atoms with Crippen molar-refractivity contribution in [2.75, 3.05) is 10.6 Å². The molecule has 7 heteroatoms. The van der Waals surface area contributed by atoms with Crippen LogP contribution in [-0.4, -0.2) is 16.1 Å². The summed E-state index contributed by atoms with van der Waals surface area (Å²) in [5, 5.41) is 23.2. The number of anilines is 3. The van der Waals surface area contributed by atoms with Gasteiger partial charge in [0.2, 0.25) is 0 Å². The third-order valence-electron chi connectivity index (χ3n) is 3.29. The average molecular weight is 350 g/mol. The van der Waals surface area contributed by atoms with E-state index in [1.807, 2.05) is 6.07 Å². The van der Waals surface area contributed by atoms with Gasteiger partial charge in [-0.2, -0.15) is 5.26 Å². The number of aromatic nitrogens is 2. The molecule has 0 radical (unpaired) electrons. The van der Waals surface area contributed by atoms with Crippen molar-refractivity contribution < 1.29 is 4.79 Å². The number of para-hydroxylation sites is 1. The van der Waals surface area contributed by atoms with Gasteiger partial charge in [-0.1, -0.05) is 29.8 Å². The van der Waals surface area contributed by atoms with Crippen LogP contribution in [0.2, 0.25) is 5.02 Å². The number of hydrogen-bond acceptors (Lipinski definition) is 5. The van der Waals surface area contributed by atoms with Gasteiger partial charge in [0.25, 0.3) is 5.91 Å². The minimum Gasteiger partial charge on any atom is -0.338 e. The van der Waals surface area contributed by atoms with Crippen LogP contribution in [0, 0.1) is 11.3 Å². The molecular weight excluding hydrogens is 338 g/mol. The van der Waals surface area contributed by atoms with Crippen LogP contribution >= 0.6 is 11.6 Å². The maximum atomic E-state index is 12.2. The molecule has 1 heterocycles. The van der Waals surface area contributed by atoms with Crippen molar-refractivity contribution in [1.82, 2.24) is 10.2 Å². The molecule has 6 nitrogen and oxygen atoms in total. The van der Waals surface area contributed by atoms with E-state index < -0.39 is 5.91 Å². The summed E-state index contributed by atoms with van der Waals surface area (Å²) >= 11 is 5.89. The summed E-state index contributed by atoms with van der Waals surface area (Å²) < 4.78 is 0. The summed E-state index contributed by atoms with van der Waals surface area (Å²) in [6.07, 6.45) is 0. The smallest absolute Gasteiger partial charge is 0.276 e. The summed E-state index contributed by atoms with van der Waals surface area (Å²) in [4.78, 5) is 12.2. The first kappa shape index (κ1) is 16.4. The molecule has 0 bridgehead atoms. The van der Waals surface area contributed by atoms with E-state index in [0.29, 0.717) is 27.8 Å². The Labute approximate surface area is 149 Å². The van der Waals surface area contributed by atoms with Gasteiger partial charge in [-0.15, -0.1) is 10.2 Å². The molecule has 0 aliphatic carbocycles. The second-order valence-corrected chi connectivity index (χ2v) is 5.49. The van der Waals surface area contributed by atoms with Crippen LogP contribution in [0.1, 0.15) is 16.1 Å². The largest absolute Gasteiger partial charge is 0.338 e. The predicted molar refractivity (Wildman–Crippen MR) is 95.9 cm³/mol. The van der Waals surface area contributed by atoms with Crippen molar-refractivity contribution in [2.24, 2.45) is 0 Å². The molecule has 0 saturated carbocycles. The fourth-order valence-electron chi connectivity index (χ4n) is 2.11. The Morgan fingerprint density at radius 2 is 1.88 bits per heavy atom. The van der Waals surface area contributed by atoms with Crippen LogP contribution in [0.25, 0.3) is 0 Å². The lowest BCUT2D eigenvalue weighted by Crippen LogP contribution is -2.14. The zero-order chi connectivity index (χ0) is 17.6. The minimum absolute atomic E-state index is 0.166. The number of rotatable bonds is 4. The Balaban J connectivity index is 1.71. The molecule has 0 saturated heterocycles. The quantitative estimate of drug-likeness (QED) is 0.743. The van der Waals surface area contributed by atoms with Crippen LogP contribution in [0.15, 0.2) is 60.7 Å². The van der Waals surface area contributed by atoms with Crippen molar-refractivity contribution in [1.29, 1.82) is 5.26 Å². The first-order chi connectivity index (χ1) is 12.2. The lowest BCUT2D eigenvalue weighted by molar-refractivity contribution is 0.102. The number of halogens is 1. The SMILES string of the molecule is N#Cc1ccccc1Nc1ccc(C(=O)Nc2cccc(Cl)c2)nn1. The highest BCUT2D eigenvalue weighted by Crippen LogP contribution is 2.19. The molecule has 0 atom stereocenters. The second-order valence-electron chi connectivity index (χ2n) is 5.05. The highest BCUT2D eigenvalue weighted by Gasteiger charge is 2.09. The molecule has 0 aliphatic heterocycles. The van der Waals surface area contributed by atoms with E-state index in [1.54, 1.807) is 54.6 Å². The first-order valence-corrected chi connectivity index (χ1v) is 7.70. The van der Waals surface area contributed by atoms with E-state index in [9.17, 15) is 4.79 Å². The van der Waals surface area contributed by atoms with E-state index >= 15 is 0 Å². The van der Waals surface area contributed by atoms with Gasteiger partial charge in [-0.05, 0) is 42.5 Å². The third-order valence-corrected chi connectivity index (χ3v) is 3.53. The molecule has 3 rings (SSSR count). The first-order valence-electron chi connectivity index (χ1n) is 7.32.